The third-order valence-electron chi connectivity index (χ3n) is 4.75. The predicted molar refractivity (Wildman–Crippen MR) is 113 cm³/mol. The molecule has 0 unspecified atom stereocenters. The lowest BCUT2D eigenvalue weighted by Gasteiger charge is -2.10. The summed E-state index contributed by atoms with van der Waals surface area (Å²) in [6.45, 7) is 0.268. The lowest BCUT2D eigenvalue weighted by molar-refractivity contribution is 0.0945. The first-order valence-corrected chi connectivity index (χ1v) is 9.67. The van der Waals surface area contributed by atoms with Gasteiger partial charge in [0.1, 0.15) is 17.9 Å². The number of nitrogens with zero attached hydrogens (tertiary/aromatic N) is 1. The number of fused-ring (bicyclic) bond motifs is 1. The molecular weight excluding hydrogens is 422 g/mol. The number of nitrogens with one attached hydrogen (secondary N) is 3. The molecule has 0 fully saturated rings. The molecule has 0 radical (unpaired) electrons. The second-order valence-corrected chi connectivity index (χ2v) is 6.99. The van der Waals surface area contributed by atoms with E-state index in [0.717, 1.165) is 12.1 Å². The minimum absolute atomic E-state index is 0.00993. The number of rotatable bonds is 7. The fourth-order valence-electron chi connectivity index (χ4n) is 3.20. The smallest absolute Gasteiger partial charge is 0.323 e. The zero-order valence-electron chi connectivity index (χ0n) is 16.7. The van der Waals surface area contributed by atoms with E-state index in [9.17, 15) is 23.2 Å². The van der Waals surface area contributed by atoms with E-state index >= 15 is 0 Å². The molecule has 10 heteroatoms. The molecule has 0 saturated heterocycles. The summed E-state index contributed by atoms with van der Waals surface area (Å²) in [7, 11) is 0. The highest BCUT2D eigenvalue weighted by Crippen LogP contribution is 2.16. The van der Waals surface area contributed by atoms with Gasteiger partial charge in [0.05, 0.1) is 24.1 Å². The van der Waals surface area contributed by atoms with Crippen LogP contribution in [0.15, 0.2) is 64.3 Å². The highest BCUT2D eigenvalue weighted by atomic mass is 19.2. The topological polar surface area (TPSA) is 109 Å². The molecule has 8 nitrogen and oxygen atoms in total. The van der Waals surface area contributed by atoms with Crippen molar-refractivity contribution in [2.75, 3.05) is 13.2 Å². The Morgan fingerprint density at radius 3 is 2.62 bits per heavy atom. The number of hydrogen-bond donors (Lipinski definition) is 3. The number of aromatic amines is 2. The maximum absolute atomic E-state index is 13.4. The van der Waals surface area contributed by atoms with Crippen molar-refractivity contribution in [1.29, 1.82) is 0 Å². The fourth-order valence-corrected chi connectivity index (χ4v) is 3.20. The number of ether oxygens (including phenoxy) is 1. The van der Waals surface area contributed by atoms with Crippen LogP contribution in [0.3, 0.4) is 0 Å². The maximum atomic E-state index is 13.4. The van der Waals surface area contributed by atoms with Crippen LogP contribution in [0, 0.1) is 11.6 Å². The Morgan fingerprint density at radius 1 is 1.00 bits per heavy atom. The van der Waals surface area contributed by atoms with Gasteiger partial charge in [-0.15, -0.1) is 0 Å². The molecule has 2 heterocycles. The van der Waals surface area contributed by atoms with E-state index in [1.165, 1.54) is 29.0 Å². The highest BCUT2D eigenvalue weighted by molar-refractivity contribution is 5.93. The van der Waals surface area contributed by atoms with Gasteiger partial charge in [0.2, 0.25) is 0 Å². The second-order valence-electron chi connectivity index (χ2n) is 6.99. The number of carbonyl (C=O) groups is 1. The number of carbonyl (C=O) groups excluding carboxylic acids is 1. The van der Waals surface area contributed by atoms with Crippen LogP contribution < -0.4 is 21.3 Å². The first-order chi connectivity index (χ1) is 15.4. The van der Waals surface area contributed by atoms with Crippen molar-refractivity contribution in [1.82, 2.24) is 19.9 Å². The molecule has 32 heavy (non-hydrogen) atoms. The standard InChI is InChI=1S/C22H18F2N4O4/c23-16-5-3-13(10-17(16)24)12-28-8-1-2-15(21(28)30)20(29)25-7-9-32-14-4-6-18-19(11-14)27-22(31)26-18/h1-6,8,10-11H,7,9,12H2,(H,25,29)(H2,26,27,31). The van der Waals surface area contributed by atoms with Gasteiger partial charge in [0.15, 0.2) is 11.6 Å². The molecule has 3 N–H and O–H groups in total. The number of amides is 1. The van der Waals surface area contributed by atoms with Crippen molar-refractivity contribution < 1.29 is 18.3 Å². The number of hydrogen-bond acceptors (Lipinski definition) is 4. The molecule has 0 saturated carbocycles. The maximum Gasteiger partial charge on any atom is 0.323 e. The molecular formula is C22H18F2N4O4. The van der Waals surface area contributed by atoms with Gasteiger partial charge in [-0.2, -0.15) is 0 Å². The van der Waals surface area contributed by atoms with Crippen LogP contribution in [0.4, 0.5) is 8.78 Å². The average Bonchev–Trinajstić information content (AvgIpc) is 3.14. The molecule has 0 atom stereocenters. The van der Waals surface area contributed by atoms with E-state index in [2.05, 4.69) is 15.3 Å². The molecule has 0 spiro atoms. The molecule has 164 valence electrons. The Balaban J connectivity index is 1.36. The number of H-pyrrole nitrogens is 2. The largest absolute Gasteiger partial charge is 0.492 e. The molecule has 4 rings (SSSR count). The highest BCUT2D eigenvalue weighted by Gasteiger charge is 2.13. The van der Waals surface area contributed by atoms with E-state index in [-0.39, 0.29) is 30.9 Å². The number of halogens is 2. The minimum Gasteiger partial charge on any atom is -0.492 e. The second kappa shape index (κ2) is 8.88. The van der Waals surface area contributed by atoms with E-state index in [0.29, 0.717) is 22.3 Å². The van der Waals surface area contributed by atoms with Crippen LogP contribution in [0.1, 0.15) is 15.9 Å². The van der Waals surface area contributed by atoms with Gasteiger partial charge in [-0.1, -0.05) is 6.07 Å². The van der Waals surface area contributed by atoms with E-state index < -0.39 is 23.1 Å². The number of aromatic nitrogens is 3. The van der Waals surface area contributed by atoms with Gasteiger partial charge in [-0.25, -0.2) is 13.6 Å². The summed E-state index contributed by atoms with van der Waals surface area (Å²) < 4.78 is 33.3. The van der Waals surface area contributed by atoms with Crippen molar-refractivity contribution in [2.45, 2.75) is 6.54 Å². The van der Waals surface area contributed by atoms with Crippen LogP contribution in [0.25, 0.3) is 11.0 Å². The third-order valence-corrected chi connectivity index (χ3v) is 4.75. The molecule has 0 aliphatic rings. The van der Waals surface area contributed by atoms with Crippen molar-refractivity contribution in [3.63, 3.8) is 0 Å². The van der Waals surface area contributed by atoms with Gasteiger partial charge >= 0.3 is 5.69 Å². The van der Waals surface area contributed by atoms with Crippen LogP contribution in [-0.4, -0.2) is 33.6 Å². The first-order valence-electron chi connectivity index (χ1n) is 9.67. The van der Waals surface area contributed by atoms with Gasteiger partial charge in [0.25, 0.3) is 11.5 Å². The minimum atomic E-state index is -1.01. The molecule has 0 aliphatic heterocycles. The van der Waals surface area contributed by atoms with Gasteiger partial charge in [0, 0.05) is 12.3 Å². The number of imidazole rings is 1. The number of benzene rings is 2. The molecule has 2 aromatic carbocycles. The first kappa shape index (κ1) is 21.0. The summed E-state index contributed by atoms with van der Waals surface area (Å²) in [6, 6.07) is 11.3. The van der Waals surface area contributed by atoms with E-state index in [1.807, 2.05) is 0 Å². The Bertz CT molecular complexity index is 1410. The van der Waals surface area contributed by atoms with Crippen LogP contribution in [0.5, 0.6) is 5.75 Å². The van der Waals surface area contributed by atoms with Crippen LogP contribution in [0.2, 0.25) is 0 Å². The zero-order valence-corrected chi connectivity index (χ0v) is 16.7. The molecule has 2 aromatic heterocycles. The monoisotopic (exact) mass is 440 g/mol. The van der Waals surface area contributed by atoms with Gasteiger partial charge in [-0.05, 0) is 42.0 Å². The quantitative estimate of drug-likeness (QED) is 0.383. The normalized spacial score (nSPS) is 10.9. The Hall–Kier alpha value is -4.21. The Morgan fingerprint density at radius 2 is 1.81 bits per heavy atom. The van der Waals surface area contributed by atoms with Crippen molar-refractivity contribution in [3.8, 4) is 5.75 Å². The third kappa shape index (κ3) is 4.59. The SMILES string of the molecule is O=C(NCCOc1ccc2[nH]c(=O)[nH]c2c1)c1cccn(Cc2ccc(F)c(F)c2)c1=O. The Labute approximate surface area is 179 Å². The summed E-state index contributed by atoms with van der Waals surface area (Å²) in [5.74, 6) is -2.05. The molecule has 4 aromatic rings. The van der Waals surface area contributed by atoms with Crippen LogP contribution >= 0.6 is 0 Å². The zero-order chi connectivity index (χ0) is 22.7. The lowest BCUT2D eigenvalue weighted by Crippen LogP contribution is -2.34. The Kier molecular flexibility index (Phi) is 5.84. The molecule has 1 amide bonds. The van der Waals surface area contributed by atoms with Gasteiger partial charge in [-0.3, -0.25) is 9.59 Å². The number of pyridine rings is 1. The average molecular weight is 440 g/mol. The summed E-state index contributed by atoms with van der Waals surface area (Å²) in [6.07, 6.45) is 1.46. The van der Waals surface area contributed by atoms with Gasteiger partial charge < -0.3 is 24.6 Å². The predicted octanol–water partition coefficient (Wildman–Crippen LogP) is 2.15. The summed E-state index contributed by atoms with van der Waals surface area (Å²) >= 11 is 0. The lowest BCUT2D eigenvalue weighted by atomic mass is 10.2. The van der Waals surface area contributed by atoms with E-state index in [4.69, 9.17) is 4.74 Å². The van der Waals surface area contributed by atoms with Crippen molar-refractivity contribution >= 4 is 16.9 Å². The molecule has 0 aliphatic carbocycles. The van der Waals surface area contributed by atoms with E-state index in [1.54, 1.807) is 18.2 Å². The fraction of sp³-hybridized carbons (Fsp3) is 0.136. The summed E-state index contributed by atoms with van der Waals surface area (Å²) in [5.41, 5.74) is 0.681. The summed E-state index contributed by atoms with van der Waals surface area (Å²) in [5, 5.41) is 2.61. The summed E-state index contributed by atoms with van der Waals surface area (Å²) in [4.78, 5) is 41.6. The van der Waals surface area contributed by atoms with Crippen molar-refractivity contribution in [2.24, 2.45) is 0 Å². The molecule has 0 bridgehead atoms. The van der Waals surface area contributed by atoms with Crippen molar-refractivity contribution in [3.05, 3.63) is 98.3 Å². The van der Waals surface area contributed by atoms with Crippen LogP contribution in [-0.2, 0) is 6.54 Å².